The van der Waals surface area contributed by atoms with Crippen molar-refractivity contribution in [3.8, 4) is 0 Å². The van der Waals surface area contributed by atoms with Gasteiger partial charge in [-0.05, 0) is 31.0 Å². The van der Waals surface area contributed by atoms with E-state index in [4.69, 9.17) is 0 Å². The Morgan fingerprint density at radius 3 is 2.86 bits per heavy atom. The second-order valence-corrected chi connectivity index (χ2v) is 5.45. The molecule has 1 amide bonds. The molecule has 2 aliphatic rings. The maximum Gasteiger partial charge on any atom is 0.247 e. The number of hydrogen-bond donors (Lipinski definition) is 0. The number of aromatic nitrogens is 2. The van der Waals surface area contributed by atoms with Gasteiger partial charge in [-0.2, -0.15) is 0 Å². The molecule has 0 saturated carbocycles. The molecule has 2 aromatic heterocycles. The molecule has 2 atom stereocenters. The summed E-state index contributed by atoms with van der Waals surface area (Å²) in [6.45, 7) is 0.944. The van der Waals surface area contributed by atoms with Crippen molar-refractivity contribution in [2.45, 2.75) is 25.0 Å². The predicted octanol–water partition coefficient (Wildman–Crippen LogP) is 1.99. The number of fused-ring (bicyclic) bond motifs is 1. The number of pyridine rings is 2. The molecular formula is C16H16N4O. The summed E-state index contributed by atoms with van der Waals surface area (Å²) in [5.74, 6) is 0.866. The molecule has 5 heteroatoms. The molecule has 4 heterocycles. The minimum absolute atomic E-state index is 0.0165. The van der Waals surface area contributed by atoms with Gasteiger partial charge in [0.15, 0.2) is 0 Å². The van der Waals surface area contributed by atoms with Crippen molar-refractivity contribution in [1.29, 1.82) is 0 Å². The van der Waals surface area contributed by atoms with E-state index in [1.54, 1.807) is 12.4 Å². The summed E-state index contributed by atoms with van der Waals surface area (Å²) in [5, 5.41) is 0. The fraction of sp³-hybridized carbons (Fsp3) is 0.312. The summed E-state index contributed by atoms with van der Waals surface area (Å²) in [5.41, 5.74) is 1.04. The van der Waals surface area contributed by atoms with E-state index in [9.17, 15) is 4.79 Å². The topological polar surface area (TPSA) is 49.3 Å². The van der Waals surface area contributed by atoms with E-state index < -0.39 is 0 Å². The average Bonchev–Trinajstić information content (AvgIpc) is 3.11. The second kappa shape index (κ2) is 4.93. The lowest BCUT2D eigenvalue weighted by atomic mass is 10.2. The van der Waals surface area contributed by atoms with E-state index in [1.807, 2.05) is 41.4 Å². The monoisotopic (exact) mass is 280 g/mol. The van der Waals surface area contributed by atoms with E-state index in [1.165, 1.54) is 0 Å². The normalized spacial score (nSPS) is 25.3. The van der Waals surface area contributed by atoms with Gasteiger partial charge in [-0.3, -0.25) is 19.6 Å². The maximum atomic E-state index is 12.8. The summed E-state index contributed by atoms with van der Waals surface area (Å²) in [4.78, 5) is 25.5. The van der Waals surface area contributed by atoms with Gasteiger partial charge in [0.2, 0.25) is 5.91 Å². The van der Waals surface area contributed by atoms with Crippen LogP contribution in [0.3, 0.4) is 0 Å². The molecule has 21 heavy (non-hydrogen) atoms. The zero-order chi connectivity index (χ0) is 14.2. The van der Waals surface area contributed by atoms with E-state index >= 15 is 0 Å². The fourth-order valence-electron chi connectivity index (χ4n) is 3.38. The lowest BCUT2D eigenvalue weighted by molar-refractivity contribution is -0.119. The van der Waals surface area contributed by atoms with E-state index in [0.717, 1.165) is 24.9 Å². The van der Waals surface area contributed by atoms with Gasteiger partial charge in [-0.1, -0.05) is 12.1 Å². The van der Waals surface area contributed by atoms with Gasteiger partial charge < -0.3 is 0 Å². The third kappa shape index (κ3) is 1.93. The maximum absolute atomic E-state index is 12.8. The number of carbonyl (C=O) groups is 1. The molecule has 4 rings (SSSR count). The van der Waals surface area contributed by atoms with Crippen molar-refractivity contribution in [3.05, 3.63) is 54.5 Å². The summed E-state index contributed by atoms with van der Waals surface area (Å²) in [6, 6.07) is 9.60. The summed E-state index contributed by atoms with van der Waals surface area (Å²) >= 11 is 0. The average molecular weight is 280 g/mol. The highest BCUT2D eigenvalue weighted by Crippen LogP contribution is 2.41. The van der Waals surface area contributed by atoms with Crippen molar-refractivity contribution < 1.29 is 4.79 Å². The zero-order valence-electron chi connectivity index (χ0n) is 11.6. The van der Waals surface area contributed by atoms with Gasteiger partial charge in [0.05, 0.1) is 6.04 Å². The molecule has 0 aromatic carbocycles. The Morgan fingerprint density at radius 2 is 2.10 bits per heavy atom. The molecule has 2 saturated heterocycles. The highest BCUT2D eigenvalue weighted by Gasteiger charge is 2.49. The third-order valence-electron chi connectivity index (χ3n) is 4.25. The van der Waals surface area contributed by atoms with Crippen LogP contribution in [0.1, 0.15) is 24.6 Å². The van der Waals surface area contributed by atoms with Crippen LogP contribution in [0.5, 0.6) is 0 Å². The van der Waals surface area contributed by atoms with Crippen LogP contribution in [0.2, 0.25) is 0 Å². The van der Waals surface area contributed by atoms with E-state index in [0.29, 0.717) is 5.82 Å². The van der Waals surface area contributed by atoms with Crippen LogP contribution in [-0.2, 0) is 4.79 Å². The smallest absolute Gasteiger partial charge is 0.247 e. The molecule has 0 spiro atoms. The third-order valence-corrected chi connectivity index (χ3v) is 4.25. The summed E-state index contributed by atoms with van der Waals surface area (Å²) in [6.07, 6.45) is 7.24. The van der Waals surface area contributed by atoms with E-state index in [-0.39, 0.29) is 18.1 Å². The van der Waals surface area contributed by atoms with Crippen LogP contribution < -0.4 is 4.90 Å². The van der Waals surface area contributed by atoms with Crippen molar-refractivity contribution in [2.24, 2.45) is 0 Å². The van der Waals surface area contributed by atoms with Crippen molar-refractivity contribution in [1.82, 2.24) is 14.9 Å². The molecule has 106 valence electrons. The van der Waals surface area contributed by atoms with Crippen LogP contribution in [0.25, 0.3) is 0 Å². The number of nitrogens with zero attached hydrogens (tertiary/aromatic N) is 4. The predicted molar refractivity (Wildman–Crippen MR) is 78.4 cm³/mol. The number of rotatable bonds is 2. The highest BCUT2D eigenvalue weighted by molar-refractivity contribution is 5.99. The molecule has 2 aromatic rings. The van der Waals surface area contributed by atoms with Gasteiger partial charge in [0.1, 0.15) is 12.0 Å². The first kappa shape index (κ1) is 12.5. The Morgan fingerprint density at radius 1 is 1.14 bits per heavy atom. The largest absolute Gasteiger partial charge is 0.274 e. The Kier molecular flexibility index (Phi) is 2.93. The van der Waals surface area contributed by atoms with Crippen LogP contribution in [0.4, 0.5) is 5.82 Å². The molecule has 2 fully saturated rings. The quantitative estimate of drug-likeness (QED) is 0.844. The Labute approximate surface area is 123 Å². The van der Waals surface area contributed by atoms with Crippen LogP contribution in [0.15, 0.2) is 48.9 Å². The molecule has 0 bridgehead atoms. The first-order valence-corrected chi connectivity index (χ1v) is 7.26. The fourth-order valence-corrected chi connectivity index (χ4v) is 3.38. The highest BCUT2D eigenvalue weighted by atomic mass is 16.2. The molecule has 2 aliphatic heterocycles. The van der Waals surface area contributed by atoms with Gasteiger partial charge >= 0.3 is 0 Å². The van der Waals surface area contributed by atoms with Crippen molar-refractivity contribution in [3.63, 3.8) is 0 Å². The minimum Gasteiger partial charge on any atom is -0.274 e. The summed E-state index contributed by atoms with van der Waals surface area (Å²) in [7, 11) is 0. The van der Waals surface area contributed by atoms with Crippen molar-refractivity contribution >= 4 is 11.7 Å². The number of anilines is 1. The minimum atomic E-state index is -0.0893. The first-order valence-electron chi connectivity index (χ1n) is 7.26. The second-order valence-electron chi connectivity index (χ2n) is 5.45. The number of hydrogen-bond acceptors (Lipinski definition) is 4. The van der Waals surface area contributed by atoms with Gasteiger partial charge in [0.25, 0.3) is 0 Å². The first-order chi connectivity index (χ1) is 10.4. The van der Waals surface area contributed by atoms with Gasteiger partial charge in [0, 0.05) is 30.7 Å². The Bertz CT molecular complexity index is 646. The van der Waals surface area contributed by atoms with Crippen molar-refractivity contribution in [2.75, 3.05) is 11.4 Å². The van der Waals surface area contributed by atoms with Crippen LogP contribution >= 0.6 is 0 Å². The number of carbonyl (C=O) groups excluding carboxylic acids is 1. The summed E-state index contributed by atoms with van der Waals surface area (Å²) < 4.78 is 0. The standard InChI is InChI=1S/C16H16N4O/c21-16-13-6-4-10-19(13)15(12-5-3-8-17-11-12)20(16)14-7-1-2-9-18-14/h1-3,5,7-9,11,13,15H,4,6,10H2. The Balaban J connectivity index is 1.81. The molecule has 2 unspecified atom stereocenters. The van der Waals surface area contributed by atoms with Crippen LogP contribution in [-0.4, -0.2) is 33.4 Å². The van der Waals surface area contributed by atoms with E-state index in [2.05, 4.69) is 14.9 Å². The lowest BCUT2D eigenvalue weighted by Crippen LogP contribution is -2.32. The number of amides is 1. The molecule has 0 N–H and O–H groups in total. The molecule has 0 radical (unpaired) electrons. The lowest BCUT2D eigenvalue weighted by Gasteiger charge is -2.28. The van der Waals surface area contributed by atoms with Crippen LogP contribution in [0, 0.1) is 0 Å². The molecule has 5 nitrogen and oxygen atoms in total. The molecule has 0 aliphatic carbocycles. The zero-order valence-corrected chi connectivity index (χ0v) is 11.6. The SMILES string of the molecule is O=C1C2CCCN2C(c2cccnc2)N1c1ccccn1. The molecular weight excluding hydrogens is 264 g/mol. The van der Waals surface area contributed by atoms with Gasteiger partial charge in [-0.15, -0.1) is 0 Å². The Hall–Kier alpha value is -2.27. The van der Waals surface area contributed by atoms with Gasteiger partial charge in [-0.25, -0.2) is 4.98 Å².